The largest absolute Gasteiger partial charge is 0.343 e. The molecule has 25 heavy (non-hydrogen) atoms. The Morgan fingerprint density at radius 1 is 1.32 bits per heavy atom. The number of hydrogen-bond acceptors (Lipinski definition) is 4. The predicted molar refractivity (Wildman–Crippen MR) is 104 cm³/mol. The molecule has 2 unspecified atom stereocenters. The zero-order valence-electron chi connectivity index (χ0n) is 15.0. The molecule has 2 heterocycles. The van der Waals surface area contributed by atoms with Crippen molar-refractivity contribution >= 4 is 17.2 Å². The van der Waals surface area contributed by atoms with Crippen molar-refractivity contribution in [3.63, 3.8) is 0 Å². The van der Waals surface area contributed by atoms with Gasteiger partial charge in [-0.3, -0.25) is 9.69 Å². The molecule has 2 N–H and O–H groups in total. The summed E-state index contributed by atoms with van der Waals surface area (Å²) in [4.78, 5) is 16.1. The minimum absolute atomic E-state index is 0.0713. The van der Waals surface area contributed by atoms with Gasteiger partial charge in [-0.1, -0.05) is 35.9 Å². The number of aryl methyl sites for hydroxylation is 1. The smallest absolute Gasteiger partial charge is 0.234 e. The summed E-state index contributed by atoms with van der Waals surface area (Å²) in [7, 11) is 2.00. The van der Waals surface area contributed by atoms with E-state index in [1.165, 1.54) is 16.9 Å². The molecule has 3 rings (SSSR count). The number of carbonyl (C=O) groups excluding carboxylic acids is 1. The number of carbonyl (C=O) groups is 1. The van der Waals surface area contributed by atoms with Gasteiger partial charge in [0.15, 0.2) is 0 Å². The maximum absolute atomic E-state index is 12.7. The lowest BCUT2D eigenvalue weighted by molar-refractivity contribution is -0.123. The summed E-state index contributed by atoms with van der Waals surface area (Å²) in [5.74, 6) is 0.0933. The maximum atomic E-state index is 12.7. The number of piperidine rings is 1. The molecule has 1 fully saturated rings. The summed E-state index contributed by atoms with van der Waals surface area (Å²) in [5.41, 5.74) is 2.36. The van der Waals surface area contributed by atoms with E-state index in [2.05, 4.69) is 58.2 Å². The van der Waals surface area contributed by atoms with Crippen molar-refractivity contribution in [1.29, 1.82) is 0 Å². The Bertz CT molecular complexity index is 669. The van der Waals surface area contributed by atoms with Crippen LogP contribution in [0.1, 0.15) is 34.9 Å². The van der Waals surface area contributed by atoms with Crippen LogP contribution >= 0.6 is 11.3 Å². The van der Waals surface area contributed by atoms with Crippen LogP contribution in [-0.2, 0) is 4.79 Å². The first kappa shape index (κ1) is 18.1. The van der Waals surface area contributed by atoms with Crippen LogP contribution in [0.3, 0.4) is 0 Å². The van der Waals surface area contributed by atoms with Gasteiger partial charge < -0.3 is 10.6 Å². The van der Waals surface area contributed by atoms with Gasteiger partial charge in [-0.2, -0.15) is 0 Å². The summed E-state index contributed by atoms with van der Waals surface area (Å²) in [5, 5.41) is 8.63. The number of benzene rings is 1. The number of thiophene rings is 1. The minimum Gasteiger partial charge on any atom is -0.343 e. The number of amides is 1. The van der Waals surface area contributed by atoms with Crippen LogP contribution < -0.4 is 10.6 Å². The fourth-order valence-corrected chi connectivity index (χ4v) is 4.18. The molecule has 1 aliphatic heterocycles. The van der Waals surface area contributed by atoms with Crippen LogP contribution in [0.25, 0.3) is 0 Å². The number of likely N-dealkylation sites (N-methyl/N-ethyl adjacent to an activating group) is 1. The van der Waals surface area contributed by atoms with Gasteiger partial charge in [0.1, 0.15) is 0 Å². The van der Waals surface area contributed by atoms with E-state index in [0.717, 1.165) is 25.1 Å². The molecule has 0 saturated carbocycles. The van der Waals surface area contributed by atoms with Gasteiger partial charge in [0.2, 0.25) is 5.91 Å². The van der Waals surface area contributed by atoms with Crippen LogP contribution in [-0.4, -0.2) is 43.5 Å². The van der Waals surface area contributed by atoms with E-state index < -0.39 is 0 Å². The van der Waals surface area contributed by atoms with Gasteiger partial charge >= 0.3 is 0 Å². The average molecular weight is 358 g/mol. The Balaban J connectivity index is 1.68. The average Bonchev–Trinajstić information content (AvgIpc) is 3.15. The summed E-state index contributed by atoms with van der Waals surface area (Å²) < 4.78 is 0. The van der Waals surface area contributed by atoms with E-state index in [4.69, 9.17) is 0 Å². The molecule has 0 aliphatic carbocycles. The highest BCUT2D eigenvalue weighted by atomic mass is 32.1. The Hall–Kier alpha value is -1.69. The number of rotatable bonds is 6. The zero-order chi connectivity index (χ0) is 17.6. The van der Waals surface area contributed by atoms with Gasteiger partial charge in [-0.05, 0) is 50.4 Å². The standard InChI is InChI=1S/C20H27N3OS/c1-15-7-9-16(10-8-15)20(18-6-4-12-25-18)22-19(24)14-23-11-3-5-17(13-23)21-2/h4,6-10,12,17,20-21H,3,5,11,13-14H2,1-2H3,(H,22,24). The lowest BCUT2D eigenvalue weighted by atomic mass is 10.0. The SMILES string of the molecule is CNC1CCCN(CC(=O)NC(c2ccc(C)cc2)c2cccs2)C1. The molecule has 134 valence electrons. The van der Waals surface area contributed by atoms with Crippen molar-refractivity contribution in [2.24, 2.45) is 0 Å². The van der Waals surface area contributed by atoms with E-state index in [9.17, 15) is 4.79 Å². The lowest BCUT2D eigenvalue weighted by Crippen LogP contribution is -2.48. The molecule has 0 bridgehead atoms. The fraction of sp³-hybridized carbons (Fsp3) is 0.450. The number of nitrogens with zero attached hydrogens (tertiary/aromatic N) is 1. The third kappa shape index (κ3) is 4.91. The van der Waals surface area contributed by atoms with Crippen LogP contribution in [0.5, 0.6) is 0 Å². The number of nitrogens with one attached hydrogen (secondary N) is 2. The normalized spacial score (nSPS) is 19.5. The summed E-state index contributed by atoms with van der Waals surface area (Å²) in [6.45, 7) is 4.49. The lowest BCUT2D eigenvalue weighted by Gasteiger charge is -2.32. The van der Waals surface area contributed by atoms with E-state index in [1.807, 2.05) is 13.1 Å². The summed E-state index contributed by atoms with van der Waals surface area (Å²) in [6.07, 6.45) is 2.33. The molecule has 0 radical (unpaired) electrons. The fourth-order valence-electron chi connectivity index (χ4n) is 3.38. The second-order valence-electron chi connectivity index (χ2n) is 6.79. The Labute approximate surface area is 154 Å². The van der Waals surface area contributed by atoms with Gasteiger partial charge in [-0.15, -0.1) is 11.3 Å². The van der Waals surface area contributed by atoms with Crippen LogP contribution in [0, 0.1) is 6.92 Å². The molecular weight excluding hydrogens is 330 g/mol. The second-order valence-corrected chi connectivity index (χ2v) is 7.77. The molecule has 1 amide bonds. The highest BCUT2D eigenvalue weighted by Crippen LogP contribution is 2.26. The quantitative estimate of drug-likeness (QED) is 0.835. The van der Waals surface area contributed by atoms with E-state index in [0.29, 0.717) is 12.6 Å². The van der Waals surface area contributed by atoms with E-state index in [-0.39, 0.29) is 11.9 Å². The first-order valence-corrected chi connectivity index (χ1v) is 9.82. The van der Waals surface area contributed by atoms with Gasteiger partial charge in [0, 0.05) is 17.5 Å². The molecule has 1 saturated heterocycles. The van der Waals surface area contributed by atoms with Gasteiger partial charge in [0.25, 0.3) is 0 Å². The monoisotopic (exact) mass is 357 g/mol. The Morgan fingerprint density at radius 2 is 2.12 bits per heavy atom. The third-order valence-electron chi connectivity index (χ3n) is 4.82. The first-order valence-electron chi connectivity index (χ1n) is 8.94. The highest BCUT2D eigenvalue weighted by Gasteiger charge is 2.23. The molecule has 2 aromatic rings. The highest BCUT2D eigenvalue weighted by molar-refractivity contribution is 7.10. The van der Waals surface area contributed by atoms with Crippen molar-refractivity contribution in [2.75, 3.05) is 26.7 Å². The van der Waals surface area contributed by atoms with Crippen LogP contribution in [0.15, 0.2) is 41.8 Å². The molecule has 0 spiro atoms. The summed E-state index contributed by atoms with van der Waals surface area (Å²) in [6, 6.07) is 13.0. The van der Waals surface area contributed by atoms with Crippen molar-refractivity contribution < 1.29 is 4.79 Å². The van der Waals surface area contributed by atoms with E-state index >= 15 is 0 Å². The Kier molecular flexibility index (Phi) is 6.24. The Morgan fingerprint density at radius 3 is 2.80 bits per heavy atom. The van der Waals surface area contributed by atoms with Crippen molar-refractivity contribution in [1.82, 2.24) is 15.5 Å². The minimum atomic E-state index is -0.0713. The van der Waals surface area contributed by atoms with Crippen molar-refractivity contribution in [3.8, 4) is 0 Å². The second kappa shape index (κ2) is 8.61. The molecule has 2 atom stereocenters. The van der Waals surface area contributed by atoms with Crippen molar-refractivity contribution in [2.45, 2.75) is 31.8 Å². The summed E-state index contributed by atoms with van der Waals surface area (Å²) >= 11 is 1.68. The topological polar surface area (TPSA) is 44.4 Å². The number of likely N-dealkylation sites (tertiary alicyclic amines) is 1. The molecule has 1 aromatic heterocycles. The maximum Gasteiger partial charge on any atom is 0.234 e. The first-order chi connectivity index (χ1) is 12.2. The number of hydrogen-bond donors (Lipinski definition) is 2. The van der Waals surface area contributed by atoms with Crippen molar-refractivity contribution in [3.05, 3.63) is 57.8 Å². The molecular formula is C20H27N3OS. The van der Waals surface area contributed by atoms with Gasteiger partial charge in [0.05, 0.1) is 12.6 Å². The molecule has 4 nitrogen and oxygen atoms in total. The third-order valence-corrected chi connectivity index (χ3v) is 5.76. The van der Waals surface area contributed by atoms with Crippen LogP contribution in [0.2, 0.25) is 0 Å². The van der Waals surface area contributed by atoms with E-state index in [1.54, 1.807) is 11.3 Å². The molecule has 1 aromatic carbocycles. The zero-order valence-corrected chi connectivity index (χ0v) is 15.8. The van der Waals surface area contributed by atoms with Gasteiger partial charge in [-0.25, -0.2) is 0 Å². The molecule has 5 heteroatoms. The van der Waals surface area contributed by atoms with Crippen LogP contribution in [0.4, 0.5) is 0 Å². The molecule has 1 aliphatic rings. The predicted octanol–water partition coefficient (Wildman–Crippen LogP) is 2.95.